The van der Waals surface area contributed by atoms with Crippen LogP contribution in [0.2, 0.25) is 0 Å². The number of carbonyl (C=O) groups is 1. The van der Waals surface area contributed by atoms with Crippen LogP contribution in [0.4, 0.5) is 5.69 Å². The molecular formula is C17H19NO3. The number of carbonyl (C=O) groups excluding carboxylic acids is 1. The van der Waals surface area contributed by atoms with E-state index in [-0.39, 0.29) is 5.91 Å². The number of amides is 1. The molecule has 110 valence electrons. The molecule has 1 aliphatic heterocycles. The molecule has 3 rings (SSSR count). The second kappa shape index (κ2) is 6.14. The highest BCUT2D eigenvalue weighted by molar-refractivity contribution is 5.94. The number of rotatable bonds is 3. The van der Waals surface area contributed by atoms with E-state index in [1.165, 1.54) is 0 Å². The largest absolute Gasteiger partial charge is 0.469 e. The van der Waals surface area contributed by atoms with Gasteiger partial charge in [0, 0.05) is 30.6 Å². The highest BCUT2D eigenvalue weighted by atomic mass is 16.3. The number of para-hydroxylation sites is 1. The zero-order valence-electron chi connectivity index (χ0n) is 11.9. The maximum Gasteiger partial charge on any atom is 0.227 e. The van der Waals surface area contributed by atoms with E-state index in [0.29, 0.717) is 25.8 Å². The van der Waals surface area contributed by atoms with E-state index in [9.17, 15) is 9.90 Å². The Hall–Kier alpha value is -2.07. The number of aliphatic hydroxyl groups excluding tert-OH is 1. The first-order valence-electron chi connectivity index (χ1n) is 7.35. The quantitative estimate of drug-likeness (QED) is 0.943. The molecule has 0 saturated heterocycles. The predicted molar refractivity (Wildman–Crippen MR) is 80.0 cm³/mol. The van der Waals surface area contributed by atoms with Crippen LogP contribution in [0.3, 0.4) is 0 Å². The minimum Gasteiger partial charge on any atom is -0.469 e. The van der Waals surface area contributed by atoms with Crippen LogP contribution < -0.4 is 4.90 Å². The lowest BCUT2D eigenvalue weighted by Gasteiger charge is -2.23. The molecule has 1 atom stereocenters. The summed E-state index contributed by atoms with van der Waals surface area (Å²) in [5.41, 5.74) is 1.69. The van der Waals surface area contributed by atoms with Crippen molar-refractivity contribution in [2.45, 2.75) is 31.8 Å². The molecular weight excluding hydrogens is 266 g/mol. The highest BCUT2D eigenvalue weighted by Crippen LogP contribution is 2.33. The minimum atomic E-state index is -0.482. The molecule has 1 amide bonds. The molecule has 0 fully saturated rings. The van der Waals surface area contributed by atoms with Gasteiger partial charge in [-0.3, -0.25) is 4.79 Å². The lowest BCUT2D eigenvalue weighted by Crippen LogP contribution is -2.31. The Morgan fingerprint density at radius 3 is 2.95 bits per heavy atom. The van der Waals surface area contributed by atoms with Crippen molar-refractivity contribution in [2.24, 2.45) is 0 Å². The summed E-state index contributed by atoms with van der Waals surface area (Å²) < 4.78 is 5.27. The molecule has 2 heterocycles. The molecule has 0 aliphatic carbocycles. The Kier molecular flexibility index (Phi) is 4.06. The van der Waals surface area contributed by atoms with Gasteiger partial charge in [0.1, 0.15) is 5.76 Å². The molecule has 21 heavy (non-hydrogen) atoms. The normalized spacial score (nSPS) is 18.1. The van der Waals surface area contributed by atoms with Crippen molar-refractivity contribution in [2.75, 3.05) is 11.4 Å². The molecule has 2 aromatic rings. The van der Waals surface area contributed by atoms with Gasteiger partial charge in [-0.2, -0.15) is 0 Å². The van der Waals surface area contributed by atoms with Gasteiger partial charge >= 0.3 is 0 Å². The van der Waals surface area contributed by atoms with Crippen molar-refractivity contribution < 1.29 is 14.3 Å². The molecule has 0 bridgehead atoms. The SMILES string of the molecule is O=C(CCc1ccco1)N1CCCC(O)c2ccccc21. The van der Waals surface area contributed by atoms with E-state index in [0.717, 1.165) is 23.4 Å². The molecule has 0 saturated carbocycles. The van der Waals surface area contributed by atoms with Crippen molar-refractivity contribution in [1.82, 2.24) is 0 Å². The van der Waals surface area contributed by atoms with Gasteiger partial charge in [-0.05, 0) is 31.0 Å². The predicted octanol–water partition coefficient (Wildman–Crippen LogP) is 3.07. The van der Waals surface area contributed by atoms with E-state index in [4.69, 9.17) is 4.42 Å². The second-order valence-corrected chi connectivity index (χ2v) is 5.34. The number of fused-ring (bicyclic) bond motifs is 1. The highest BCUT2D eigenvalue weighted by Gasteiger charge is 2.24. The van der Waals surface area contributed by atoms with Crippen molar-refractivity contribution in [3.63, 3.8) is 0 Å². The Balaban J connectivity index is 1.77. The van der Waals surface area contributed by atoms with Crippen LogP contribution in [0.25, 0.3) is 0 Å². The van der Waals surface area contributed by atoms with Gasteiger partial charge in [0.15, 0.2) is 0 Å². The average molecular weight is 285 g/mol. The fraction of sp³-hybridized carbons (Fsp3) is 0.353. The first-order chi connectivity index (χ1) is 10.3. The van der Waals surface area contributed by atoms with Gasteiger partial charge in [0.05, 0.1) is 12.4 Å². The zero-order chi connectivity index (χ0) is 14.7. The van der Waals surface area contributed by atoms with E-state index >= 15 is 0 Å². The average Bonchev–Trinajstić information content (AvgIpc) is 2.96. The number of furan rings is 1. The summed E-state index contributed by atoms with van der Waals surface area (Å²) in [6, 6.07) is 11.3. The number of hydrogen-bond acceptors (Lipinski definition) is 3. The molecule has 0 spiro atoms. The van der Waals surface area contributed by atoms with Gasteiger partial charge in [-0.1, -0.05) is 18.2 Å². The smallest absolute Gasteiger partial charge is 0.227 e. The Morgan fingerprint density at radius 2 is 2.14 bits per heavy atom. The van der Waals surface area contributed by atoms with E-state index in [1.54, 1.807) is 11.2 Å². The van der Waals surface area contributed by atoms with Crippen LogP contribution in [0.1, 0.15) is 36.7 Å². The number of benzene rings is 1. The van der Waals surface area contributed by atoms with Gasteiger partial charge in [0.25, 0.3) is 0 Å². The van der Waals surface area contributed by atoms with Crippen molar-refractivity contribution in [3.05, 3.63) is 54.0 Å². The monoisotopic (exact) mass is 285 g/mol. The summed E-state index contributed by atoms with van der Waals surface area (Å²) in [6.07, 6.45) is 3.66. The van der Waals surface area contributed by atoms with E-state index < -0.39 is 6.10 Å². The van der Waals surface area contributed by atoms with Gasteiger partial charge in [-0.15, -0.1) is 0 Å². The number of aliphatic hydroxyl groups is 1. The second-order valence-electron chi connectivity index (χ2n) is 5.34. The van der Waals surface area contributed by atoms with Crippen LogP contribution in [0, 0.1) is 0 Å². The summed E-state index contributed by atoms with van der Waals surface area (Å²) in [5, 5.41) is 10.2. The van der Waals surface area contributed by atoms with Crippen LogP contribution in [0.15, 0.2) is 47.1 Å². The number of aryl methyl sites for hydroxylation is 1. The lowest BCUT2D eigenvalue weighted by atomic mass is 10.0. The van der Waals surface area contributed by atoms with Gasteiger partial charge in [0.2, 0.25) is 5.91 Å². The molecule has 1 aromatic carbocycles. The maximum atomic E-state index is 12.5. The number of anilines is 1. The molecule has 1 unspecified atom stereocenters. The van der Waals surface area contributed by atoms with Gasteiger partial charge in [-0.25, -0.2) is 0 Å². The number of hydrogen-bond donors (Lipinski definition) is 1. The fourth-order valence-corrected chi connectivity index (χ4v) is 2.81. The summed E-state index contributed by atoms with van der Waals surface area (Å²) in [7, 11) is 0. The Bertz CT molecular complexity index is 606. The van der Waals surface area contributed by atoms with Gasteiger partial charge < -0.3 is 14.4 Å². The molecule has 1 N–H and O–H groups in total. The van der Waals surface area contributed by atoms with Crippen LogP contribution >= 0.6 is 0 Å². The Labute approximate surface area is 124 Å². The third-order valence-electron chi connectivity index (χ3n) is 3.91. The van der Waals surface area contributed by atoms with Crippen LogP contribution in [-0.2, 0) is 11.2 Å². The first-order valence-corrected chi connectivity index (χ1v) is 7.35. The molecule has 1 aromatic heterocycles. The van der Waals surface area contributed by atoms with Crippen molar-refractivity contribution in [1.29, 1.82) is 0 Å². The summed E-state index contributed by atoms with van der Waals surface area (Å²) in [5.74, 6) is 0.902. The summed E-state index contributed by atoms with van der Waals surface area (Å²) in [6.45, 7) is 0.658. The van der Waals surface area contributed by atoms with Crippen molar-refractivity contribution in [3.8, 4) is 0 Å². The molecule has 4 nitrogen and oxygen atoms in total. The standard InChI is InChI=1S/C17H19NO3/c19-16-8-3-11-18(15-7-2-1-6-14(15)16)17(20)10-9-13-5-4-12-21-13/h1-2,4-7,12,16,19H,3,8-11H2. The van der Waals surface area contributed by atoms with E-state index in [1.807, 2.05) is 36.4 Å². The third-order valence-corrected chi connectivity index (χ3v) is 3.91. The number of nitrogens with zero attached hydrogens (tertiary/aromatic N) is 1. The first kappa shape index (κ1) is 13.9. The summed E-state index contributed by atoms with van der Waals surface area (Å²) >= 11 is 0. The van der Waals surface area contributed by atoms with Crippen LogP contribution in [-0.4, -0.2) is 17.6 Å². The lowest BCUT2D eigenvalue weighted by molar-refractivity contribution is -0.118. The minimum absolute atomic E-state index is 0.0768. The maximum absolute atomic E-state index is 12.5. The zero-order valence-corrected chi connectivity index (χ0v) is 11.9. The fourth-order valence-electron chi connectivity index (χ4n) is 2.81. The molecule has 1 aliphatic rings. The summed E-state index contributed by atoms with van der Waals surface area (Å²) in [4.78, 5) is 14.3. The van der Waals surface area contributed by atoms with Crippen molar-refractivity contribution >= 4 is 11.6 Å². The molecule has 4 heteroatoms. The Morgan fingerprint density at radius 1 is 1.29 bits per heavy atom. The van der Waals surface area contributed by atoms with E-state index in [2.05, 4.69) is 0 Å². The molecule has 0 radical (unpaired) electrons. The van der Waals surface area contributed by atoms with Crippen LogP contribution in [0.5, 0.6) is 0 Å². The topological polar surface area (TPSA) is 53.7 Å². The third kappa shape index (κ3) is 3.00.